The summed E-state index contributed by atoms with van der Waals surface area (Å²) in [5, 5.41) is 8.49. The van der Waals surface area contributed by atoms with E-state index in [-0.39, 0.29) is 23.8 Å². The van der Waals surface area contributed by atoms with E-state index in [1.807, 2.05) is 61.9 Å². The summed E-state index contributed by atoms with van der Waals surface area (Å²) in [4.78, 5) is 22.6. The number of aryl methyl sites for hydroxylation is 1. The predicted molar refractivity (Wildman–Crippen MR) is 133 cm³/mol. The van der Waals surface area contributed by atoms with Gasteiger partial charge in [0.15, 0.2) is 0 Å². The standard InChI is InChI=1S/C28H27N5O/c1-3-19-8-4-6-10-23(19)27(21-13-14-24(29-16-21)22-17-30-33(2)18-22)32-28(34)26-15-12-20-9-5-7-11-25(20)31-26/h1,5,7,9,11-19,23,27H,4,6,8,10H2,2H3,(H,32,34)/t19-,23-,27?/m1/s1. The van der Waals surface area contributed by atoms with Gasteiger partial charge in [-0.05, 0) is 42.5 Å². The minimum absolute atomic E-state index is 0.113. The molecule has 1 fully saturated rings. The Hall–Kier alpha value is -3.98. The van der Waals surface area contributed by atoms with Gasteiger partial charge in [-0.1, -0.05) is 43.2 Å². The fraction of sp³-hybridized carbons (Fsp3) is 0.286. The van der Waals surface area contributed by atoms with E-state index >= 15 is 0 Å². The third-order valence-corrected chi connectivity index (χ3v) is 6.73. The van der Waals surface area contributed by atoms with Crippen LogP contribution in [0.5, 0.6) is 0 Å². The van der Waals surface area contributed by atoms with Gasteiger partial charge in [0.2, 0.25) is 0 Å². The number of carbonyl (C=O) groups is 1. The molecule has 1 amide bonds. The zero-order chi connectivity index (χ0) is 23.5. The van der Waals surface area contributed by atoms with Crippen LogP contribution >= 0.6 is 0 Å². The van der Waals surface area contributed by atoms with Crippen molar-refractivity contribution in [2.45, 2.75) is 31.7 Å². The molecule has 3 atom stereocenters. The van der Waals surface area contributed by atoms with E-state index in [9.17, 15) is 4.79 Å². The average Bonchev–Trinajstić information content (AvgIpc) is 3.33. The summed E-state index contributed by atoms with van der Waals surface area (Å²) in [5.41, 5.74) is 3.95. The normalized spacial score (nSPS) is 18.8. The molecule has 1 aliphatic rings. The van der Waals surface area contributed by atoms with Gasteiger partial charge in [-0.3, -0.25) is 14.5 Å². The van der Waals surface area contributed by atoms with Crippen molar-refractivity contribution >= 4 is 16.8 Å². The number of nitrogens with one attached hydrogen (secondary N) is 1. The Morgan fingerprint density at radius 3 is 2.74 bits per heavy atom. The van der Waals surface area contributed by atoms with Crippen LogP contribution in [0.2, 0.25) is 0 Å². The number of hydrogen-bond donors (Lipinski definition) is 1. The van der Waals surface area contributed by atoms with Crippen molar-refractivity contribution in [2.24, 2.45) is 18.9 Å². The number of hydrogen-bond acceptors (Lipinski definition) is 4. The topological polar surface area (TPSA) is 72.7 Å². The zero-order valence-corrected chi connectivity index (χ0v) is 19.2. The molecule has 170 valence electrons. The average molecular weight is 450 g/mol. The van der Waals surface area contributed by atoms with E-state index in [0.717, 1.165) is 53.4 Å². The molecule has 3 aromatic heterocycles. The maximum atomic E-state index is 13.3. The molecule has 6 nitrogen and oxygen atoms in total. The van der Waals surface area contributed by atoms with Gasteiger partial charge in [-0.15, -0.1) is 12.3 Å². The van der Waals surface area contributed by atoms with Crippen LogP contribution in [0.1, 0.15) is 47.8 Å². The Morgan fingerprint density at radius 1 is 1.12 bits per heavy atom. The molecule has 34 heavy (non-hydrogen) atoms. The second kappa shape index (κ2) is 9.48. The van der Waals surface area contributed by atoms with E-state index in [4.69, 9.17) is 6.42 Å². The van der Waals surface area contributed by atoms with Crippen molar-refractivity contribution in [1.82, 2.24) is 25.1 Å². The maximum Gasteiger partial charge on any atom is 0.270 e. The summed E-state index contributed by atoms with van der Waals surface area (Å²) < 4.78 is 1.75. The van der Waals surface area contributed by atoms with Gasteiger partial charge in [0.1, 0.15) is 5.69 Å². The molecule has 0 aliphatic heterocycles. The molecule has 3 heterocycles. The fourth-order valence-corrected chi connectivity index (χ4v) is 4.92. The molecule has 1 N–H and O–H groups in total. The van der Waals surface area contributed by atoms with Gasteiger partial charge in [-0.2, -0.15) is 5.10 Å². The lowest BCUT2D eigenvalue weighted by molar-refractivity contribution is 0.0897. The molecule has 1 saturated carbocycles. The van der Waals surface area contributed by atoms with Gasteiger partial charge >= 0.3 is 0 Å². The maximum absolute atomic E-state index is 13.3. The highest BCUT2D eigenvalue weighted by Gasteiger charge is 2.33. The molecule has 1 unspecified atom stereocenters. The molecule has 1 aromatic carbocycles. The monoisotopic (exact) mass is 449 g/mol. The van der Waals surface area contributed by atoms with Crippen molar-refractivity contribution in [1.29, 1.82) is 0 Å². The minimum atomic E-state index is -0.238. The van der Waals surface area contributed by atoms with Crippen LogP contribution in [0.3, 0.4) is 0 Å². The molecule has 5 rings (SSSR count). The Labute approximate surface area is 199 Å². The number of para-hydroxylation sites is 1. The lowest BCUT2D eigenvalue weighted by atomic mass is 9.74. The molecule has 0 bridgehead atoms. The van der Waals surface area contributed by atoms with Crippen molar-refractivity contribution < 1.29 is 4.79 Å². The third kappa shape index (κ3) is 4.42. The van der Waals surface area contributed by atoms with Gasteiger partial charge < -0.3 is 5.32 Å². The number of rotatable bonds is 5. The summed E-state index contributed by atoms with van der Waals surface area (Å²) in [6.07, 6.45) is 15.7. The van der Waals surface area contributed by atoms with Crippen LogP contribution < -0.4 is 5.32 Å². The first kappa shape index (κ1) is 21.8. The van der Waals surface area contributed by atoms with Crippen molar-refractivity contribution in [3.8, 4) is 23.6 Å². The van der Waals surface area contributed by atoms with Crippen molar-refractivity contribution in [3.63, 3.8) is 0 Å². The molecule has 0 radical (unpaired) electrons. The van der Waals surface area contributed by atoms with Crippen molar-refractivity contribution in [2.75, 3.05) is 0 Å². The van der Waals surface area contributed by atoms with E-state index in [2.05, 4.69) is 26.3 Å². The smallest absolute Gasteiger partial charge is 0.270 e. The number of pyridine rings is 2. The highest BCUT2D eigenvalue weighted by atomic mass is 16.1. The highest BCUT2D eigenvalue weighted by molar-refractivity contribution is 5.95. The second-order valence-electron chi connectivity index (χ2n) is 8.94. The van der Waals surface area contributed by atoms with Crippen LogP contribution in [0, 0.1) is 24.2 Å². The largest absolute Gasteiger partial charge is 0.344 e. The first-order chi connectivity index (χ1) is 16.6. The molecule has 4 aromatic rings. The van der Waals surface area contributed by atoms with E-state index in [1.54, 1.807) is 16.9 Å². The molecular formula is C28H27N5O. The number of carbonyl (C=O) groups excluding carboxylic acids is 1. The van der Waals surface area contributed by atoms with Gasteiger partial charge in [0, 0.05) is 36.3 Å². The molecule has 0 spiro atoms. The van der Waals surface area contributed by atoms with Gasteiger partial charge in [0.05, 0.1) is 23.4 Å². The molecule has 1 aliphatic carbocycles. The Kier molecular flexibility index (Phi) is 6.09. The van der Waals surface area contributed by atoms with Gasteiger partial charge in [0.25, 0.3) is 5.91 Å². The summed E-state index contributed by atoms with van der Waals surface area (Å²) in [5.74, 6) is 3.04. The first-order valence-corrected chi connectivity index (χ1v) is 11.7. The summed E-state index contributed by atoms with van der Waals surface area (Å²) in [6.45, 7) is 0. The third-order valence-electron chi connectivity index (χ3n) is 6.73. The quantitative estimate of drug-likeness (QED) is 0.438. The summed E-state index contributed by atoms with van der Waals surface area (Å²) >= 11 is 0. The van der Waals surface area contributed by atoms with Gasteiger partial charge in [-0.25, -0.2) is 4.98 Å². The summed E-state index contributed by atoms with van der Waals surface area (Å²) in [7, 11) is 1.88. The Balaban J connectivity index is 1.46. The highest BCUT2D eigenvalue weighted by Crippen LogP contribution is 2.39. The van der Waals surface area contributed by atoms with Crippen LogP contribution in [0.15, 0.2) is 67.1 Å². The SMILES string of the molecule is C#C[C@@H]1CCCC[C@H]1C(NC(=O)c1ccc2ccccc2n1)c1ccc(-c2cnn(C)c2)nc1. The number of terminal acetylenes is 1. The van der Waals surface area contributed by atoms with E-state index < -0.39 is 0 Å². The Morgan fingerprint density at radius 2 is 1.97 bits per heavy atom. The minimum Gasteiger partial charge on any atom is -0.344 e. The second-order valence-corrected chi connectivity index (χ2v) is 8.94. The van der Waals surface area contributed by atoms with Crippen LogP contribution in [0.25, 0.3) is 22.2 Å². The first-order valence-electron chi connectivity index (χ1n) is 11.7. The number of aromatic nitrogens is 4. The molecule has 6 heteroatoms. The molecule has 0 saturated heterocycles. The summed E-state index contributed by atoms with van der Waals surface area (Å²) in [6, 6.07) is 15.3. The van der Waals surface area contributed by atoms with E-state index in [0.29, 0.717) is 5.69 Å². The number of amides is 1. The number of fused-ring (bicyclic) bond motifs is 1. The molecular weight excluding hydrogens is 422 g/mol. The fourth-order valence-electron chi connectivity index (χ4n) is 4.92. The number of nitrogens with zero attached hydrogens (tertiary/aromatic N) is 4. The zero-order valence-electron chi connectivity index (χ0n) is 19.2. The predicted octanol–water partition coefficient (Wildman–Crippen LogP) is 4.94. The lowest BCUT2D eigenvalue weighted by Crippen LogP contribution is -2.38. The van der Waals surface area contributed by atoms with Crippen LogP contribution in [0.4, 0.5) is 0 Å². The lowest BCUT2D eigenvalue weighted by Gasteiger charge is -2.35. The Bertz CT molecular complexity index is 1350. The number of benzene rings is 1. The van der Waals surface area contributed by atoms with E-state index in [1.165, 1.54) is 0 Å². The van der Waals surface area contributed by atoms with Crippen molar-refractivity contribution in [3.05, 3.63) is 78.4 Å². The van der Waals surface area contributed by atoms with Crippen LogP contribution in [-0.2, 0) is 7.05 Å². The van der Waals surface area contributed by atoms with Crippen LogP contribution in [-0.4, -0.2) is 25.7 Å².